The van der Waals surface area contributed by atoms with Gasteiger partial charge in [0, 0.05) is 5.92 Å². The molecule has 34 heavy (non-hydrogen) atoms. The predicted molar refractivity (Wildman–Crippen MR) is 133 cm³/mol. The van der Waals surface area contributed by atoms with Gasteiger partial charge < -0.3 is 10.2 Å². The first-order chi connectivity index (χ1) is 15.6. The second kappa shape index (κ2) is 6.99. The van der Waals surface area contributed by atoms with Crippen LogP contribution >= 0.6 is 0 Å². The Morgan fingerprint density at radius 2 is 1.56 bits per heavy atom. The van der Waals surface area contributed by atoms with Crippen molar-refractivity contribution in [2.75, 3.05) is 0 Å². The number of rotatable bonds is 1. The molecule has 0 spiro atoms. The predicted octanol–water partition coefficient (Wildman–Crippen LogP) is 6.41. The minimum atomic E-state index is -0.720. The summed E-state index contributed by atoms with van der Waals surface area (Å²) < 4.78 is 0. The second-order valence-corrected chi connectivity index (χ2v) is 15.0. The van der Waals surface area contributed by atoms with Crippen LogP contribution in [0.1, 0.15) is 106 Å². The minimum absolute atomic E-state index is 0.0515. The number of carbonyl (C=O) groups is 2. The van der Waals surface area contributed by atoms with Crippen molar-refractivity contribution in [2.45, 2.75) is 112 Å². The molecule has 4 fully saturated rings. The van der Waals surface area contributed by atoms with E-state index < -0.39 is 11.4 Å². The fourth-order valence-corrected chi connectivity index (χ4v) is 10.4. The molecule has 0 aromatic carbocycles. The van der Waals surface area contributed by atoms with Gasteiger partial charge in [0.1, 0.15) is 0 Å². The highest BCUT2D eigenvalue weighted by molar-refractivity contribution is 5.96. The van der Waals surface area contributed by atoms with Crippen LogP contribution in [0.15, 0.2) is 11.6 Å². The summed E-state index contributed by atoms with van der Waals surface area (Å²) in [6.07, 6.45) is 9.38. The zero-order chi connectivity index (χ0) is 25.1. The average Bonchev–Trinajstić information content (AvgIpc) is 2.72. The number of aliphatic carboxylic acids is 1. The van der Waals surface area contributed by atoms with Gasteiger partial charge in [-0.05, 0) is 103 Å². The van der Waals surface area contributed by atoms with Gasteiger partial charge in [0.15, 0.2) is 5.78 Å². The molecule has 190 valence electrons. The summed E-state index contributed by atoms with van der Waals surface area (Å²) in [7, 11) is 0. The number of ketones is 1. The molecule has 4 nitrogen and oxygen atoms in total. The Bertz CT molecular complexity index is 961. The lowest BCUT2D eigenvalue weighted by atomic mass is 9.33. The van der Waals surface area contributed by atoms with Gasteiger partial charge in [-0.2, -0.15) is 0 Å². The van der Waals surface area contributed by atoms with E-state index in [4.69, 9.17) is 0 Å². The molecule has 0 aromatic rings. The molecule has 0 aliphatic heterocycles. The molecule has 5 rings (SSSR count). The van der Waals surface area contributed by atoms with E-state index in [0.717, 1.165) is 56.9 Å². The first-order valence-electron chi connectivity index (χ1n) is 13.7. The van der Waals surface area contributed by atoms with Crippen molar-refractivity contribution in [2.24, 2.45) is 50.2 Å². The van der Waals surface area contributed by atoms with Crippen molar-refractivity contribution in [3.8, 4) is 0 Å². The Morgan fingerprint density at radius 3 is 2.21 bits per heavy atom. The van der Waals surface area contributed by atoms with E-state index in [0.29, 0.717) is 12.3 Å². The molecule has 4 heteroatoms. The van der Waals surface area contributed by atoms with E-state index in [-0.39, 0.29) is 50.8 Å². The van der Waals surface area contributed by atoms with Crippen LogP contribution in [0, 0.1) is 50.2 Å². The molecule has 2 N–H and O–H groups in total. The third-order valence-corrected chi connectivity index (χ3v) is 12.8. The van der Waals surface area contributed by atoms with Gasteiger partial charge in [0.05, 0.1) is 11.5 Å². The second-order valence-electron chi connectivity index (χ2n) is 15.0. The lowest BCUT2D eigenvalue weighted by Gasteiger charge is -2.70. The van der Waals surface area contributed by atoms with Gasteiger partial charge in [0.2, 0.25) is 0 Å². The fourth-order valence-electron chi connectivity index (χ4n) is 10.4. The highest BCUT2D eigenvalue weighted by atomic mass is 16.4. The molecule has 0 radical (unpaired) electrons. The number of aliphatic hydroxyl groups is 1. The third-order valence-electron chi connectivity index (χ3n) is 12.8. The summed E-state index contributed by atoms with van der Waals surface area (Å²) in [5.41, 5.74) is -0.127. The number of carboxylic acids is 1. The number of carboxylic acid groups (broad SMARTS) is 1. The molecule has 8 atom stereocenters. The Kier molecular flexibility index (Phi) is 5.04. The van der Waals surface area contributed by atoms with Crippen LogP contribution < -0.4 is 0 Å². The highest BCUT2D eigenvalue weighted by Gasteiger charge is 2.71. The Hall–Kier alpha value is -1.16. The first kappa shape index (κ1) is 24.5. The van der Waals surface area contributed by atoms with Crippen LogP contribution in [0.25, 0.3) is 0 Å². The zero-order valence-corrected chi connectivity index (χ0v) is 22.5. The van der Waals surface area contributed by atoms with Crippen molar-refractivity contribution in [1.82, 2.24) is 0 Å². The van der Waals surface area contributed by atoms with E-state index in [2.05, 4.69) is 48.5 Å². The molecule has 5 aliphatic rings. The van der Waals surface area contributed by atoms with Crippen molar-refractivity contribution in [3.05, 3.63) is 11.6 Å². The van der Waals surface area contributed by atoms with E-state index in [1.54, 1.807) is 0 Å². The van der Waals surface area contributed by atoms with Crippen LogP contribution in [-0.2, 0) is 9.59 Å². The molecule has 0 unspecified atom stereocenters. The van der Waals surface area contributed by atoms with Crippen LogP contribution in [-0.4, -0.2) is 28.1 Å². The summed E-state index contributed by atoms with van der Waals surface area (Å²) in [5, 5.41) is 21.3. The quantitative estimate of drug-likeness (QED) is 0.464. The zero-order valence-electron chi connectivity index (χ0n) is 22.5. The Labute approximate surface area is 206 Å². The highest BCUT2D eigenvalue weighted by Crippen LogP contribution is 2.75. The molecular formula is C30H46O4. The van der Waals surface area contributed by atoms with Crippen molar-refractivity contribution < 1.29 is 19.8 Å². The average molecular weight is 471 g/mol. The molecule has 5 aliphatic carbocycles. The normalized spacial score (nSPS) is 51.3. The molecular weight excluding hydrogens is 424 g/mol. The van der Waals surface area contributed by atoms with Gasteiger partial charge in [-0.3, -0.25) is 9.59 Å². The maximum absolute atomic E-state index is 14.2. The summed E-state index contributed by atoms with van der Waals surface area (Å²) in [4.78, 5) is 27.0. The lowest BCUT2D eigenvalue weighted by molar-refractivity contribution is -0.204. The summed E-state index contributed by atoms with van der Waals surface area (Å²) >= 11 is 0. The van der Waals surface area contributed by atoms with Crippen LogP contribution in [0.5, 0.6) is 0 Å². The minimum Gasteiger partial charge on any atom is -0.481 e. The number of aliphatic hydroxyl groups excluding tert-OH is 1. The molecule has 0 saturated heterocycles. The van der Waals surface area contributed by atoms with Gasteiger partial charge in [-0.1, -0.05) is 54.0 Å². The van der Waals surface area contributed by atoms with Gasteiger partial charge >= 0.3 is 5.97 Å². The smallest absolute Gasteiger partial charge is 0.310 e. The van der Waals surface area contributed by atoms with E-state index in [1.165, 1.54) is 0 Å². The van der Waals surface area contributed by atoms with Gasteiger partial charge in [0.25, 0.3) is 0 Å². The SMILES string of the molecule is CC1(C)CC[C@]2(C(=O)O)CC[C@]3(C)C(=CC(=O)[C@@H]4[C@@]5(C)CC[C@@H](O)C(C)(C)[C@@H]5CC[C@]43C)[C@@H]2C1. The summed E-state index contributed by atoms with van der Waals surface area (Å²) in [6.45, 7) is 16.0. The van der Waals surface area contributed by atoms with Gasteiger partial charge in [-0.25, -0.2) is 0 Å². The summed E-state index contributed by atoms with van der Waals surface area (Å²) in [6, 6.07) is 0. The lowest BCUT2D eigenvalue weighted by Crippen LogP contribution is -2.67. The number of hydrogen-bond donors (Lipinski definition) is 2. The third kappa shape index (κ3) is 2.81. The number of fused-ring (bicyclic) bond motifs is 7. The van der Waals surface area contributed by atoms with E-state index >= 15 is 0 Å². The number of hydrogen-bond acceptors (Lipinski definition) is 3. The molecule has 4 saturated carbocycles. The van der Waals surface area contributed by atoms with Crippen molar-refractivity contribution in [1.29, 1.82) is 0 Å². The maximum Gasteiger partial charge on any atom is 0.310 e. The number of carbonyl (C=O) groups excluding carboxylic acids is 1. The van der Waals surface area contributed by atoms with Crippen molar-refractivity contribution >= 4 is 11.8 Å². The van der Waals surface area contributed by atoms with E-state index in [9.17, 15) is 19.8 Å². The van der Waals surface area contributed by atoms with Crippen molar-refractivity contribution in [3.63, 3.8) is 0 Å². The maximum atomic E-state index is 14.2. The molecule has 0 bridgehead atoms. The monoisotopic (exact) mass is 470 g/mol. The first-order valence-corrected chi connectivity index (χ1v) is 13.7. The van der Waals surface area contributed by atoms with Gasteiger partial charge in [-0.15, -0.1) is 0 Å². The van der Waals surface area contributed by atoms with Crippen LogP contribution in [0.3, 0.4) is 0 Å². The number of allylic oxidation sites excluding steroid dienone is 2. The standard InChI is InChI=1S/C30H46O4/c1-25(2)12-14-30(24(33)34)15-13-28(6)18(19(30)17-25)16-20(31)23-27(5)10-9-22(32)26(3,4)21(27)8-11-29(23,28)7/h16,19,21-23,32H,8-15,17H2,1-7H3,(H,33,34)/t19-,21-,22+,23+,27-,28+,29+,30-/m0/s1. The molecule has 0 heterocycles. The Balaban J connectivity index is 1.65. The Morgan fingerprint density at radius 1 is 0.912 bits per heavy atom. The van der Waals surface area contributed by atoms with Crippen LogP contribution in [0.4, 0.5) is 0 Å². The topological polar surface area (TPSA) is 74.6 Å². The fraction of sp³-hybridized carbons (Fsp3) is 0.867. The largest absolute Gasteiger partial charge is 0.481 e. The summed E-state index contributed by atoms with van der Waals surface area (Å²) in [5.74, 6) is -0.217. The van der Waals surface area contributed by atoms with E-state index in [1.807, 2.05) is 6.08 Å². The van der Waals surface area contributed by atoms with Crippen LogP contribution in [0.2, 0.25) is 0 Å². The molecule has 0 amide bonds. The molecule has 0 aromatic heterocycles.